The maximum Gasteiger partial charge on any atom is 0.310 e. The van der Waals surface area contributed by atoms with E-state index in [-0.39, 0.29) is 108 Å². The fourth-order valence-corrected chi connectivity index (χ4v) is 12.3. The number of halogens is 2. The minimum absolute atomic E-state index is 0.0162. The minimum atomic E-state index is -1.49. The first-order chi connectivity index (χ1) is 43.1. The van der Waals surface area contributed by atoms with Gasteiger partial charge in [0.15, 0.2) is 0 Å². The molecule has 0 saturated heterocycles. The number of aliphatic hydroxyl groups excluding tert-OH is 1. The van der Waals surface area contributed by atoms with E-state index in [1.54, 1.807) is 24.3 Å². The Hall–Kier alpha value is -5.49. The Labute approximate surface area is 568 Å². The highest BCUT2D eigenvalue weighted by Crippen LogP contribution is 2.34. The SMILES string of the molecule is CCC(OC(C)=O)C(C)C(Br)C(CC(C)/C=C/C=C(\C)C1OC(=O)CC(O)CCC(C)(O)C(OC(C)=O)/C=C/C1C)OC(C)=O.CCC(OC(C)=O)C(C)C(Br)C(CC(C)/C=C/C=C(\C)C1OC(=O)CC(OC(C)=O)CCC(C)(O)C(OC(C)=O)/C=C/C1C)OC(C)=O. The van der Waals surface area contributed by atoms with Gasteiger partial charge in [-0.1, -0.05) is 136 Å². The van der Waals surface area contributed by atoms with Crippen LogP contribution in [0.15, 0.2) is 71.9 Å². The second-order valence-electron chi connectivity index (χ2n) is 25.5. The lowest BCUT2D eigenvalue weighted by Crippen LogP contribution is -2.42. The molecule has 0 radical (unpaired) electrons. The molecule has 0 spiro atoms. The molecule has 2 aliphatic heterocycles. The fraction of sp³-hybridized carbons (Fsp3) is 0.700. The van der Waals surface area contributed by atoms with Crippen molar-refractivity contribution in [1.29, 1.82) is 0 Å². The van der Waals surface area contributed by atoms with Gasteiger partial charge in [0, 0.05) is 72.1 Å². The summed E-state index contributed by atoms with van der Waals surface area (Å²) in [4.78, 5) is 108. The van der Waals surface area contributed by atoms with Gasteiger partial charge >= 0.3 is 53.7 Å². The van der Waals surface area contributed by atoms with Crippen molar-refractivity contribution >= 4 is 85.6 Å². The Bertz CT molecular complexity index is 2620. The summed E-state index contributed by atoms with van der Waals surface area (Å²) >= 11 is 7.40. The molecule has 93 heavy (non-hydrogen) atoms. The zero-order valence-corrected chi connectivity index (χ0v) is 61.4. The number of hydrogen-bond acceptors (Lipinski definition) is 21. The Balaban J connectivity index is 0.000000932. The van der Waals surface area contributed by atoms with Crippen LogP contribution in [-0.2, 0) is 85.8 Å². The highest BCUT2D eigenvalue weighted by molar-refractivity contribution is 9.09. The molecule has 2 heterocycles. The highest BCUT2D eigenvalue weighted by atomic mass is 79.9. The minimum Gasteiger partial charge on any atom is -0.462 e. The van der Waals surface area contributed by atoms with Crippen LogP contribution in [0.3, 0.4) is 0 Å². The van der Waals surface area contributed by atoms with E-state index in [9.17, 15) is 58.5 Å². The predicted molar refractivity (Wildman–Crippen MR) is 358 cm³/mol. The molecule has 0 fully saturated rings. The monoisotopic (exact) mass is 1440 g/mol. The van der Waals surface area contributed by atoms with Gasteiger partial charge in [-0.15, -0.1) is 0 Å². The summed E-state index contributed by atoms with van der Waals surface area (Å²) in [6.07, 6.45) is 13.4. The number of hydrogen-bond donors (Lipinski definition) is 3. The van der Waals surface area contributed by atoms with E-state index < -0.39 is 102 Å². The van der Waals surface area contributed by atoms with Crippen LogP contribution in [0, 0.1) is 35.5 Å². The van der Waals surface area contributed by atoms with Gasteiger partial charge in [0.2, 0.25) is 0 Å². The predicted octanol–water partition coefficient (Wildman–Crippen LogP) is 11.6. The van der Waals surface area contributed by atoms with Gasteiger partial charge in [-0.2, -0.15) is 0 Å². The van der Waals surface area contributed by atoms with Crippen molar-refractivity contribution in [1.82, 2.24) is 0 Å². The molecule has 0 bridgehead atoms. The average molecular weight is 1450 g/mol. The second kappa shape index (κ2) is 42.1. The first-order valence-corrected chi connectivity index (χ1v) is 34.0. The molecule has 3 N–H and O–H groups in total. The third kappa shape index (κ3) is 33.2. The fourth-order valence-electron chi connectivity index (χ4n) is 11.0. The van der Waals surface area contributed by atoms with Crippen molar-refractivity contribution < 1.29 is 101 Å². The van der Waals surface area contributed by atoms with Gasteiger partial charge in [-0.05, 0) is 114 Å². The molecule has 2 rings (SSSR count). The number of carbonyl (C=O) groups excluding carboxylic acids is 9. The Morgan fingerprint density at radius 1 is 0.538 bits per heavy atom. The number of rotatable bonds is 25. The highest BCUT2D eigenvalue weighted by Gasteiger charge is 2.39. The molecule has 2 aliphatic rings. The number of carbonyl (C=O) groups is 9. The van der Waals surface area contributed by atoms with Crippen molar-refractivity contribution in [2.45, 2.75) is 278 Å². The van der Waals surface area contributed by atoms with Gasteiger partial charge < -0.3 is 58.0 Å². The number of allylic oxidation sites excluding steroid dienone is 6. The van der Waals surface area contributed by atoms with Crippen LogP contribution in [0.4, 0.5) is 0 Å². The summed E-state index contributed by atoms with van der Waals surface area (Å²) in [5.74, 6) is -5.38. The van der Waals surface area contributed by atoms with Crippen molar-refractivity contribution in [3.05, 3.63) is 71.9 Å². The summed E-state index contributed by atoms with van der Waals surface area (Å²) in [5.41, 5.74) is -1.48. The van der Waals surface area contributed by atoms with Crippen LogP contribution in [0.25, 0.3) is 0 Å². The third-order valence-corrected chi connectivity index (χ3v) is 19.1. The summed E-state index contributed by atoms with van der Waals surface area (Å²) in [7, 11) is 0. The third-order valence-electron chi connectivity index (χ3n) is 16.2. The zero-order chi connectivity index (χ0) is 71.2. The van der Waals surface area contributed by atoms with Crippen LogP contribution in [-0.4, -0.2) is 151 Å². The van der Waals surface area contributed by atoms with Crippen molar-refractivity contribution in [3.8, 4) is 0 Å². The lowest BCUT2D eigenvalue weighted by molar-refractivity contribution is -0.161. The van der Waals surface area contributed by atoms with E-state index in [1.807, 2.05) is 106 Å². The molecule has 21 nitrogen and oxygen atoms in total. The summed E-state index contributed by atoms with van der Waals surface area (Å²) in [6, 6.07) is 0. The molecule has 528 valence electrons. The summed E-state index contributed by atoms with van der Waals surface area (Å²) in [6.45, 7) is 31.4. The molecular formula is C70H108Br2O21. The number of esters is 9. The standard InChI is InChI=1S/C36H55BrO11.C34H53BrO10/c1-11-30(45-26(7)39)24(5)34(37)31(46-27(8)40)19-21(2)13-12-14-22(3)35-23(4)15-16-32(47-28(9)41)36(10,43)18-17-29(44-25(6)38)20-33(42)48-35;1-10-28(42-24(6)36)23(5)32(35)29(43-25(7)37)18-20(2)12-11-13-21(3)33-22(4)14-15-30(44-26(8)38)34(9,41)17-16-27(39)19-31(40)45-33/h12-16,21,23-24,29-32,34-35,43H,11,17-20H2,1-10H3;11-15,20,22-23,27-30,32-33,39,41H,10,16-19H2,1-9H3/b13-12+,16-15+,22-14+;12-11+,15-14+,21-13+. The van der Waals surface area contributed by atoms with Crippen LogP contribution >= 0.6 is 31.9 Å². The first-order valence-electron chi connectivity index (χ1n) is 32.2. The van der Waals surface area contributed by atoms with E-state index in [0.29, 0.717) is 25.7 Å². The van der Waals surface area contributed by atoms with Crippen LogP contribution in [0.5, 0.6) is 0 Å². The van der Waals surface area contributed by atoms with E-state index in [0.717, 1.165) is 11.1 Å². The molecule has 0 amide bonds. The summed E-state index contributed by atoms with van der Waals surface area (Å²) in [5, 5.41) is 32.6. The van der Waals surface area contributed by atoms with Gasteiger partial charge in [0.1, 0.15) is 66.1 Å². The maximum absolute atomic E-state index is 13.1. The zero-order valence-electron chi connectivity index (χ0n) is 58.2. The number of alkyl halides is 2. The van der Waals surface area contributed by atoms with E-state index in [2.05, 4.69) is 31.9 Å². The Morgan fingerprint density at radius 3 is 1.20 bits per heavy atom. The van der Waals surface area contributed by atoms with Crippen LogP contribution in [0.1, 0.15) is 196 Å². The topological polar surface area (TPSA) is 297 Å². The van der Waals surface area contributed by atoms with E-state index in [1.165, 1.54) is 62.3 Å². The molecule has 0 aliphatic carbocycles. The lowest BCUT2D eigenvalue weighted by atomic mass is 9.88. The second-order valence-corrected chi connectivity index (χ2v) is 27.6. The number of ether oxygens (including phenoxy) is 9. The molecule has 0 aromatic heterocycles. The van der Waals surface area contributed by atoms with Gasteiger partial charge in [-0.25, -0.2) is 0 Å². The maximum atomic E-state index is 13.1. The Morgan fingerprint density at radius 2 is 0.871 bits per heavy atom. The average Bonchev–Trinajstić information content (AvgIpc) is 0.911. The first kappa shape index (κ1) is 85.5. The molecule has 23 heteroatoms. The van der Waals surface area contributed by atoms with Gasteiger partial charge in [0.25, 0.3) is 0 Å². The van der Waals surface area contributed by atoms with Crippen LogP contribution < -0.4 is 0 Å². The smallest absolute Gasteiger partial charge is 0.310 e. The molecular weight excluding hydrogens is 1340 g/mol. The molecule has 0 saturated carbocycles. The molecule has 0 aromatic carbocycles. The summed E-state index contributed by atoms with van der Waals surface area (Å²) < 4.78 is 50.2. The van der Waals surface area contributed by atoms with Crippen molar-refractivity contribution in [2.24, 2.45) is 35.5 Å². The molecule has 0 aromatic rings. The quantitative estimate of drug-likeness (QED) is 0.0251. The van der Waals surface area contributed by atoms with Crippen molar-refractivity contribution in [2.75, 3.05) is 0 Å². The normalized spacial score (nSPS) is 28.5. The molecule has 20 atom stereocenters. The molecule has 20 unspecified atom stereocenters. The number of aliphatic hydroxyl groups is 3. The van der Waals surface area contributed by atoms with Crippen LogP contribution in [0.2, 0.25) is 0 Å². The van der Waals surface area contributed by atoms with Crippen molar-refractivity contribution in [3.63, 3.8) is 0 Å². The van der Waals surface area contributed by atoms with E-state index >= 15 is 0 Å². The number of cyclic esters (lactones) is 2. The Kier molecular flexibility index (Phi) is 38.8. The largest absolute Gasteiger partial charge is 0.462 e. The lowest BCUT2D eigenvalue weighted by Gasteiger charge is -2.33. The van der Waals surface area contributed by atoms with Gasteiger partial charge in [-0.3, -0.25) is 43.2 Å². The van der Waals surface area contributed by atoms with Gasteiger partial charge in [0.05, 0.1) is 28.6 Å². The van der Waals surface area contributed by atoms with E-state index in [4.69, 9.17) is 42.6 Å².